The number of aliphatic hydroxyl groups excluding tert-OH is 1. The van der Waals surface area contributed by atoms with Crippen LogP contribution in [-0.4, -0.2) is 75.3 Å². The standard InChI is InChI=1S/C25H36N2O5S/c1-6-13-26(4)16-24-18(2)15-27(19(3)17-28)33(29,30)25-12-11-20(14-23(25)32-24)21-9-7-8-10-22(21)31-5/h7-12,14,18-19,24,28H,6,13,15-17H2,1-5H3/t18-,19+,24-/m0/s1. The molecule has 182 valence electrons. The number of para-hydroxylation sites is 1. The van der Waals surface area contributed by atoms with E-state index in [2.05, 4.69) is 18.9 Å². The van der Waals surface area contributed by atoms with E-state index in [1.54, 1.807) is 32.2 Å². The first-order valence-corrected chi connectivity index (χ1v) is 12.9. The number of rotatable bonds is 8. The molecule has 2 aromatic rings. The van der Waals surface area contributed by atoms with Gasteiger partial charge in [0.25, 0.3) is 0 Å². The van der Waals surface area contributed by atoms with Gasteiger partial charge in [-0.2, -0.15) is 4.31 Å². The first-order valence-electron chi connectivity index (χ1n) is 11.5. The Hall–Kier alpha value is -2.13. The van der Waals surface area contributed by atoms with Gasteiger partial charge in [0.1, 0.15) is 22.5 Å². The fourth-order valence-corrected chi connectivity index (χ4v) is 6.10. The number of benzene rings is 2. The molecule has 0 unspecified atom stereocenters. The minimum absolute atomic E-state index is 0.0730. The van der Waals surface area contributed by atoms with Crippen LogP contribution in [-0.2, 0) is 10.0 Å². The van der Waals surface area contributed by atoms with Crippen molar-refractivity contribution in [2.75, 3.05) is 40.4 Å². The summed E-state index contributed by atoms with van der Waals surface area (Å²) in [6.07, 6.45) is 0.811. The normalized spacial score (nSPS) is 21.5. The van der Waals surface area contributed by atoms with E-state index in [1.165, 1.54) is 4.31 Å². The smallest absolute Gasteiger partial charge is 0.247 e. The van der Waals surface area contributed by atoms with E-state index < -0.39 is 16.1 Å². The Balaban J connectivity index is 2.14. The Bertz CT molecular complexity index is 1040. The van der Waals surface area contributed by atoms with Crippen LogP contribution in [0.2, 0.25) is 0 Å². The summed E-state index contributed by atoms with van der Waals surface area (Å²) in [5, 5.41) is 9.79. The summed E-state index contributed by atoms with van der Waals surface area (Å²) < 4.78 is 40.6. The summed E-state index contributed by atoms with van der Waals surface area (Å²) in [6.45, 7) is 7.50. The number of aliphatic hydroxyl groups is 1. The molecule has 0 spiro atoms. The van der Waals surface area contributed by atoms with Crippen molar-refractivity contribution in [2.24, 2.45) is 5.92 Å². The molecule has 0 bridgehead atoms. The van der Waals surface area contributed by atoms with Gasteiger partial charge in [-0.1, -0.05) is 38.1 Å². The second kappa shape index (κ2) is 10.9. The third-order valence-corrected chi connectivity index (χ3v) is 8.20. The number of ether oxygens (including phenoxy) is 2. The molecule has 0 amide bonds. The number of fused-ring (bicyclic) bond motifs is 1. The van der Waals surface area contributed by atoms with Gasteiger partial charge in [-0.05, 0) is 50.7 Å². The van der Waals surface area contributed by atoms with Crippen molar-refractivity contribution >= 4 is 10.0 Å². The quantitative estimate of drug-likeness (QED) is 0.629. The molecule has 7 nitrogen and oxygen atoms in total. The highest BCUT2D eigenvalue weighted by atomic mass is 32.2. The molecule has 1 heterocycles. The van der Waals surface area contributed by atoms with Crippen molar-refractivity contribution in [3.8, 4) is 22.6 Å². The molecule has 33 heavy (non-hydrogen) atoms. The molecule has 1 N–H and O–H groups in total. The number of sulfonamides is 1. The minimum atomic E-state index is -3.86. The molecule has 0 aromatic heterocycles. The van der Waals surface area contributed by atoms with E-state index in [0.717, 1.165) is 24.1 Å². The summed E-state index contributed by atoms with van der Waals surface area (Å²) in [7, 11) is -0.195. The van der Waals surface area contributed by atoms with Crippen LogP contribution in [0.15, 0.2) is 47.4 Å². The van der Waals surface area contributed by atoms with E-state index >= 15 is 0 Å². The van der Waals surface area contributed by atoms with Crippen LogP contribution in [0, 0.1) is 5.92 Å². The second-order valence-electron chi connectivity index (χ2n) is 8.86. The lowest BCUT2D eigenvalue weighted by atomic mass is 10.0. The van der Waals surface area contributed by atoms with Crippen LogP contribution in [0.3, 0.4) is 0 Å². The highest BCUT2D eigenvalue weighted by molar-refractivity contribution is 7.89. The molecule has 2 aromatic carbocycles. The summed E-state index contributed by atoms with van der Waals surface area (Å²) in [6, 6.07) is 12.3. The van der Waals surface area contributed by atoms with E-state index in [0.29, 0.717) is 18.0 Å². The first kappa shape index (κ1) is 25.5. The average molecular weight is 477 g/mol. The van der Waals surface area contributed by atoms with Gasteiger partial charge in [0, 0.05) is 30.6 Å². The van der Waals surface area contributed by atoms with Gasteiger partial charge in [0.05, 0.1) is 13.7 Å². The van der Waals surface area contributed by atoms with Gasteiger partial charge in [0.15, 0.2) is 0 Å². The van der Waals surface area contributed by atoms with Crippen molar-refractivity contribution in [3.63, 3.8) is 0 Å². The number of methoxy groups -OCH3 is 1. The molecule has 1 aliphatic heterocycles. The van der Waals surface area contributed by atoms with Crippen molar-refractivity contribution < 1.29 is 23.0 Å². The molecule has 3 rings (SSSR count). The van der Waals surface area contributed by atoms with E-state index in [9.17, 15) is 13.5 Å². The lowest BCUT2D eigenvalue weighted by Gasteiger charge is -2.37. The molecule has 0 aliphatic carbocycles. The molecular weight excluding hydrogens is 440 g/mol. The first-order chi connectivity index (χ1) is 15.7. The molecular formula is C25H36N2O5S. The highest BCUT2D eigenvalue weighted by Gasteiger charge is 2.38. The molecule has 0 saturated heterocycles. The number of likely N-dealkylation sites (N-methyl/N-ethyl adjacent to an activating group) is 1. The summed E-state index contributed by atoms with van der Waals surface area (Å²) in [5.74, 6) is 0.959. The predicted molar refractivity (Wildman–Crippen MR) is 130 cm³/mol. The van der Waals surface area contributed by atoms with Gasteiger partial charge in [0.2, 0.25) is 10.0 Å². The molecule has 0 fully saturated rings. The van der Waals surface area contributed by atoms with Crippen LogP contribution in [0.1, 0.15) is 27.2 Å². The predicted octanol–water partition coefficient (Wildman–Crippen LogP) is 3.47. The number of hydrogen-bond donors (Lipinski definition) is 1. The lowest BCUT2D eigenvalue weighted by Crippen LogP contribution is -2.49. The Morgan fingerprint density at radius 2 is 2.00 bits per heavy atom. The zero-order valence-corrected chi connectivity index (χ0v) is 21.0. The van der Waals surface area contributed by atoms with Crippen LogP contribution in [0.25, 0.3) is 11.1 Å². The van der Waals surface area contributed by atoms with E-state index in [4.69, 9.17) is 9.47 Å². The molecule has 0 radical (unpaired) electrons. The summed E-state index contributed by atoms with van der Waals surface area (Å²) in [5.41, 5.74) is 1.68. The molecule has 1 aliphatic rings. The van der Waals surface area contributed by atoms with Gasteiger partial charge in [-0.15, -0.1) is 0 Å². The van der Waals surface area contributed by atoms with Gasteiger partial charge in [-0.25, -0.2) is 8.42 Å². The largest absolute Gasteiger partial charge is 0.496 e. The van der Waals surface area contributed by atoms with Gasteiger partial charge < -0.3 is 19.5 Å². The van der Waals surface area contributed by atoms with Crippen molar-refractivity contribution in [1.82, 2.24) is 9.21 Å². The van der Waals surface area contributed by atoms with Gasteiger partial charge in [-0.3, -0.25) is 0 Å². The Morgan fingerprint density at radius 3 is 2.67 bits per heavy atom. The fourth-order valence-electron chi connectivity index (χ4n) is 4.27. The molecule has 3 atom stereocenters. The monoisotopic (exact) mass is 476 g/mol. The zero-order valence-electron chi connectivity index (χ0n) is 20.2. The molecule has 0 saturated carbocycles. The van der Waals surface area contributed by atoms with Crippen molar-refractivity contribution in [2.45, 2.75) is 44.2 Å². The third kappa shape index (κ3) is 5.51. The maximum absolute atomic E-state index is 13.6. The minimum Gasteiger partial charge on any atom is -0.496 e. The highest BCUT2D eigenvalue weighted by Crippen LogP contribution is 2.38. The average Bonchev–Trinajstić information content (AvgIpc) is 2.80. The van der Waals surface area contributed by atoms with Crippen LogP contribution in [0.4, 0.5) is 0 Å². The summed E-state index contributed by atoms with van der Waals surface area (Å²) >= 11 is 0. The van der Waals surface area contributed by atoms with Crippen LogP contribution >= 0.6 is 0 Å². The van der Waals surface area contributed by atoms with Crippen LogP contribution < -0.4 is 9.47 Å². The Kier molecular flexibility index (Phi) is 8.39. The van der Waals surface area contributed by atoms with Gasteiger partial charge >= 0.3 is 0 Å². The topological polar surface area (TPSA) is 79.3 Å². The fraction of sp³-hybridized carbons (Fsp3) is 0.520. The second-order valence-corrected chi connectivity index (χ2v) is 10.7. The zero-order chi connectivity index (χ0) is 24.2. The maximum atomic E-state index is 13.6. The molecule has 8 heteroatoms. The Morgan fingerprint density at radius 1 is 1.27 bits per heavy atom. The number of hydrogen-bond acceptors (Lipinski definition) is 6. The number of nitrogens with zero attached hydrogens (tertiary/aromatic N) is 2. The summed E-state index contributed by atoms with van der Waals surface area (Å²) in [4.78, 5) is 2.33. The van der Waals surface area contributed by atoms with Crippen LogP contribution in [0.5, 0.6) is 11.5 Å². The van der Waals surface area contributed by atoms with Crippen molar-refractivity contribution in [3.05, 3.63) is 42.5 Å². The lowest BCUT2D eigenvalue weighted by molar-refractivity contribution is 0.0753. The third-order valence-electron chi connectivity index (χ3n) is 6.18. The van der Waals surface area contributed by atoms with E-state index in [1.807, 2.05) is 31.2 Å². The maximum Gasteiger partial charge on any atom is 0.247 e. The Labute approximate surface area is 198 Å². The SMILES string of the molecule is CCCN(C)C[C@@H]1Oc2cc(-c3ccccc3OC)ccc2S(=O)(=O)N([C@H](C)CO)C[C@@H]1C. The van der Waals surface area contributed by atoms with Crippen molar-refractivity contribution in [1.29, 1.82) is 0 Å². The van der Waals surface area contributed by atoms with E-state index in [-0.39, 0.29) is 30.1 Å².